The Labute approximate surface area is 96.4 Å². The molecule has 0 aromatic carbocycles. The SMILES string of the molecule is CC(C)NCc1ncoc1C1CCOCC1. The van der Waals surface area contributed by atoms with Gasteiger partial charge in [-0.2, -0.15) is 0 Å². The van der Waals surface area contributed by atoms with Crippen molar-refractivity contribution in [3.05, 3.63) is 17.8 Å². The van der Waals surface area contributed by atoms with Crippen molar-refractivity contribution in [3.63, 3.8) is 0 Å². The standard InChI is InChI=1S/C12H20N2O2/c1-9(2)13-7-11-12(16-8-14-11)10-3-5-15-6-4-10/h8-10,13H,3-7H2,1-2H3. The number of nitrogens with zero attached hydrogens (tertiary/aromatic N) is 1. The molecule has 2 heterocycles. The molecule has 1 saturated heterocycles. The maximum atomic E-state index is 5.53. The van der Waals surface area contributed by atoms with Crippen molar-refractivity contribution < 1.29 is 9.15 Å². The predicted molar refractivity (Wildman–Crippen MR) is 61.3 cm³/mol. The van der Waals surface area contributed by atoms with Crippen molar-refractivity contribution >= 4 is 0 Å². The number of aromatic nitrogens is 1. The summed E-state index contributed by atoms with van der Waals surface area (Å²) in [5.41, 5.74) is 1.06. The van der Waals surface area contributed by atoms with Crippen LogP contribution in [0.25, 0.3) is 0 Å². The van der Waals surface area contributed by atoms with E-state index in [9.17, 15) is 0 Å². The molecule has 0 spiro atoms. The first-order valence-corrected chi connectivity index (χ1v) is 6.00. The number of hydrogen-bond acceptors (Lipinski definition) is 4. The molecule has 2 rings (SSSR count). The van der Waals surface area contributed by atoms with Gasteiger partial charge in [0.15, 0.2) is 6.39 Å². The van der Waals surface area contributed by atoms with E-state index in [0.29, 0.717) is 12.0 Å². The van der Waals surface area contributed by atoms with Crippen LogP contribution in [0, 0.1) is 0 Å². The first kappa shape index (κ1) is 11.6. The fourth-order valence-electron chi connectivity index (χ4n) is 2.00. The van der Waals surface area contributed by atoms with Crippen LogP contribution in [0.2, 0.25) is 0 Å². The van der Waals surface area contributed by atoms with Gasteiger partial charge < -0.3 is 14.5 Å². The minimum absolute atomic E-state index is 0.472. The highest BCUT2D eigenvalue weighted by Crippen LogP contribution is 2.28. The molecule has 0 aliphatic carbocycles. The van der Waals surface area contributed by atoms with Crippen LogP contribution < -0.4 is 5.32 Å². The van der Waals surface area contributed by atoms with Crippen LogP contribution in [0.15, 0.2) is 10.8 Å². The summed E-state index contributed by atoms with van der Waals surface area (Å²) in [4.78, 5) is 4.29. The lowest BCUT2D eigenvalue weighted by Gasteiger charge is -2.20. The number of oxazole rings is 1. The summed E-state index contributed by atoms with van der Waals surface area (Å²) in [6.07, 6.45) is 3.65. The maximum absolute atomic E-state index is 5.53. The van der Waals surface area contributed by atoms with Gasteiger partial charge in [0.1, 0.15) is 5.76 Å². The van der Waals surface area contributed by atoms with Crippen LogP contribution in [-0.2, 0) is 11.3 Å². The molecule has 0 bridgehead atoms. The monoisotopic (exact) mass is 224 g/mol. The van der Waals surface area contributed by atoms with Crippen molar-refractivity contribution in [1.29, 1.82) is 0 Å². The van der Waals surface area contributed by atoms with Crippen LogP contribution in [0.3, 0.4) is 0 Å². The summed E-state index contributed by atoms with van der Waals surface area (Å²) in [5, 5.41) is 3.37. The van der Waals surface area contributed by atoms with E-state index in [1.54, 1.807) is 6.39 Å². The van der Waals surface area contributed by atoms with E-state index in [1.165, 1.54) is 0 Å². The molecule has 1 aromatic heterocycles. The number of hydrogen-bond donors (Lipinski definition) is 1. The molecular formula is C12H20N2O2. The molecule has 0 radical (unpaired) electrons. The van der Waals surface area contributed by atoms with Crippen LogP contribution in [0.1, 0.15) is 44.1 Å². The lowest BCUT2D eigenvalue weighted by molar-refractivity contribution is 0.0804. The molecule has 1 aliphatic heterocycles. The van der Waals surface area contributed by atoms with Gasteiger partial charge >= 0.3 is 0 Å². The molecule has 1 fully saturated rings. The Balaban J connectivity index is 2.00. The van der Waals surface area contributed by atoms with E-state index in [0.717, 1.165) is 44.1 Å². The van der Waals surface area contributed by atoms with E-state index in [4.69, 9.17) is 9.15 Å². The fraction of sp³-hybridized carbons (Fsp3) is 0.750. The predicted octanol–water partition coefficient (Wildman–Crippen LogP) is 2.07. The summed E-state index contributed by atoms with van der Waals surface area (Å²) in [7, 11) is 0. The van der Waals surface area contributed by atoms with Gasteiger partial charge in [0.25, 0.3) is 0 Å². The fourth-order valence-corrected chi connectivity index (χ4v) is 2.00. The van der Waals surface area contributed by atoms with Crippen molar-refractivity contribution in [1.82, 2.24) is 10.3 Å². The normalized spacial score (nSPS) is 18.2. The van der Waals surface area contributed by atoms with Gasteiger partial charge in [0, 0.05) is 31.7 Å². The molecule has 0 saturated carbocycles. The zero-order valence-electron chi connectivity index (χ0n) is 10.0. The summed E-state index contributed by atoms with van der Waals surface area (Å²) >= 11 is 0. The number of rotatable bonds is 4. The van der Waals surface area contributed by atoms with Gasteiger partial charge in [-0.3, -0.25) is 0 Å². The van der Waals surface area contributed by atoms with Crippen molar-refractivity contribution in [3.8, 4) is 0 Å². The summed E-state index contributed by atoms with van der Waals surface area (Å²) < 4.78 is 10.9. The lowest BCUT2D eigenvalue weighted by Crippen LogP contribution is -2.23. The Kier molecular flexibility index (Phi) is 3.96. The summed E-state index contributed by atoms with van der Waals surface area (Å²) in [5.74, 6) is 1.54. The Bertz CT molecular complexity index is 317. The largest absolute Gasteiger partial charge is 0.448 e. The van der Waals surface area contributed by atoms with Gasteiger partial charge in [0.2, 0.25) is 0 Å². The van der Waals surface area contributed by atoms with E-state index >= 15 is 0 Å². The number of ether oxygens (including phenoxy) is 1. The Morgan fingerprint density at radius 1 is 1.44 bits per heavy atom. The third-order valence-corrected chi connectivity index (χ3v) is 2.94. The van der Waals surface area contributed by atoms with Crippen LogP contribution >= 0.6 is 0 Å². The highest BCUT2D eigenvalue weighted by Gasteiger charge is 2.22. The van der Waals surface area contributed by atoms with Gasteiger partial charge in [-0.15, -0.1) is 0 Å². The minimum Gasteiger partial charge on any atom is -0.448 e. The number of nitrogens with one attached hydrogen (secondary N) is 1. The zero-order valence-corrected chi connectivity index (χ0v) is 10.0. The molecule has 1 aromatic rings. The zero-order chi connectivity index (χ0) is 11.4. The maximum Gasteiger partial charge on any atom is 0.181 e. The molecule has 4 heteroatoms. The minimum atomic E-state index is 0.472. The van der Waals surface area contributed by atoms with Crippen molar-refractivity contribution in [2.24, 2.45) is 0 Å². The van der Waals surface area contributed by atoms with Gasteiger partial charge in [-0.25, -0.2) is 4.98 Å². The van der Waals surface area contributed by atoms with Gasteiger partial charge in [0.05, 0.1) is 5.69 Å². The van der Waals surface area contributed by atoms with E-state index in [2.05, 4.69) is 24.1 Å². The molecular weight excluding hydrogens is 204 g/mol. The quantitative estimate of drug-likeness (QED) is 0.850. The van der Waals surface area contributed by atoms with Crippen molar-refractivity contribution in [2.75, 3.05) is 13.2 Å². The Morgan fingerprint density at radius 3 is 2.88 bits per heavy atom. The highest BCUT2D eigenvalue weighted by atomic mass is 16.5. The molecule has 0 amide bonds. The average Bonchev–Trinajstić information content (AvgIpc) is 2.75. The average molecular weight is 224 g/mol. The van der Waals surface area contributed by atoms with Crippen LogP contribution in [0.5, 0.6) is 0 Å². The van der Waals surface area contributed by atoms with Gasteiger partial charge in [-0.1, -0.05) is 13.8 Å². The molecule has 1 N–H and O–H groups in total. The lowest BCUT2D eigenvalue weighted by atomic mass is 9.96. The molecule has 90 valence electrons. The molecule has 16 heavy (non-hydrogen) atoms. The first-order chi connectivity index (χ1) is 7.77. The third kappa shape index (κ3) is 2.83. The second-order valence-electron chi connectivity index (χ2n) is 4.59. The third-order valence-electron chi connectivity index (χ3n) is 2.94. The summed E-state index contributed by atoms with van der Waals surface area (Å²) in [6.45, 7) is 6.73. The molecule has 0 unspecified atom stereocenters. The van der Waals surface area contributed by atoms with Crippen LogP contribution in [-0.4, -0.2) is 24.2 Å². The second-order valence-corrected chi connectivity index (χ2v) is 4.59. The van der Waals surface area contributed by atoms with Gasteiger partial charge in [-0.05, 0) is 12.8 Å². The van der Waals surface area contributed by atoms with E-state index in [1.807, 2.05) is 0 Å². The second kappa shape index (κ2) is 5.46. The smallest absolute Gasteiger partial charge is 0.181 e. The van der Waals surface area contributed by atoms with Crippen LogP contribution in [0.4, 0.5) is 0 Å². The Morgan fingerprint density at radius 2 is 2.19 bits per heavy atom. The van der Waals surface area contributed by atoms with Crippen molar-refractivity contribution in [2.45, 2.75) is 45.2 Å². The van der Waals surface area contributed by atoms with E-state index in [-0.39, 0.29) is 0 Å². The highest BCUT2D eigenvalue weighted by molar-refractivity contribution is 5.13. The van der Waals surface area contributed by atoms with E-state index < -0.39 is 0 Å². The topological polar surface area (TPSA) is 47.3 Å². The summed E-state index contributed by atoms with van der Waals surface area (Å²) in [6, 6.07) is 0.472. The Hall–Kier alpha value is -0.870. The molecule has 4 nitrogen and oxygen atoms in total. The first-order valence-electron chi connectivity index (χ1n) is 6.00. The molecule has 1 aliphatic rings. The molecule has 0 atom stereocenters.